The predicted octanol–water partition coefficient (Wildman–Crippen LogP) is 2.49. The van der Waals surface area contributed by atoms with Crippen molar-refractivity contribution in [2.75, 3.05) is 19.6 Å². The maximum absolute atomic E-state index is 12.4. The van der Waals surface area contributed by atoms with Crippen molar-refractivity contribution < 1.29 is 4.79 Å². The average molecular weight is 409 g/mol. The minimum atomic E-state index is 0.115. The molecule has 1 heterocycles. The molecule has 1 aliphatic rings. The first-order valence-electron chi connectivity index (χ1n) is 5.60. The summed E-state index contributed by atoms with van der Waals surface area (Å²) in [5.41, 5.74) is 0.755. The molecule has 0 bridgehead atoms. The van der Waals surface area contributed by atoms with Gasteiger partial charge in [0, 0.05) is 27.7 Å². The quantitative estimate of drug-likeness (QED) is 0.779. The number of halogens is 2. The Kier molecular flexibility index (Phi) is 4.43. The number of nitrogens with one attached hydrogen (secondary N) is 1. The summed E-state index contributed by atoms with van der Waals surface area (Å²) >= 11 is 5.68. The third-order valence-corrected chi connectivity index (χ3v) is 4.32. The van der Waals surface area contributed by atoms with E-state index in [4.69, 9.17) is 0 Å². The zero-order valence-corrected chi connectivity index (χ0v) is 13.3. The second kappa shape index (κ2) is 5.67. The molecule has 0 saturated carbocycles. The zero-order valence-electron chi connectivity index (χ0n) is 9.54. The van der Waals surface area contributed by atoms with Crippen molar-refractivity contribution in [2.24, 2.45) is 0 Å². The lowest BCUT2D eigenvalue weighted by molar-refractivity contribution is 0.0629. The van der Waals surface area contributed by atoms with E-state index >= 15 is 0 Å². The first-order chi connectivity index (χ1) is 8.13. The number of rotatable bonds is 3. The van der Waals surface area contributed by atoms with Gasteiger partial charge in [0.1, 0.15) is 0 Å². The molecule has 1 fully saturated rings. The van der Waals surface area contributed by atoms with E-state index in [0.717, 1.165) is 33.2 Å². The van der Waals surface area contributed by atoms with E-state index in [9.17, 15) is 4.79 Å². The van der Waals surface area contributed by atoms with E-state index in [0.29, 0.717) is 6.04 Å². The highest BCUT2D eigenvalue weighted by atomic mass is 127. The van der Waals surface area contributed by atoms with Crippen LogP contribution in [0.25, 0.3) is 0 Å². The van der Waals surface area contributed by atoms with Crippen LogP contribution in [0.5, 0.6) is 0 Å². The molecule has 1 amide bonds. The van der Waals surface area contributed by atoms with Crippen LogP contribution in [0.2, 0.25) is 0 Å². The standard InChI is InChI=1S/C12H14BrIN2O/c1-2-16(9-6-15-7-9)12(17)10-5-8(14)3-4-11(10)13/h3-5,9,15H,2,6-7H2,1H3. The van der Waals surface area contributed by atoms with Crippen LogP contribution in [-0.2, 0) is 0 Å². The van der Waals surface area contributed by atoms with Crippen molar-refractivity contribution in [3.8, 4) is 0 Å². The minimum absolute atomic E-state index is 0.115. The minimum Gasteiger partial charge on any atom is -0.333 e. The monoisotopic (exact) mass is 408 g/mol. The van der Waals surface area contributed by atoms with E-state index in [2.05, 4.69) is 43.8 Å². The lowest BCUT2D eigenvalue weighted by Crippen LogP contribution is -2.58. The van der Waals surface area contributed by atoms with E-state index in [1.54, 1.807) is 0 Å². The first kappa shape index (κ1) is 13.3. The smallest absolute Gasteiger partial charge is 0.255 e. The Bertz CT molecular complexity index is 435. The highest BCUT2D eigenvalue weighted by Gasteiger charge is 2.28. The molecule has 0 unspecified atom stereocenters. The average Bonchev–Trinajstić information content (AvgIpc) is 2.25. The Morgan fingerprint density at radius 3 is 2.82 bits per heavy atom. The van der Waals surface area contributed by atoms with Crippen LogP contribution in [0.3, 0.4) is 0 Å². The van der Waals surface area contributed by atoms with Gasteiger partial charge in [-0.05, 0) is 63.6 Å². The van der Waals surface area contributed by atoms with Gasteiger partial charge in [0.25, 0.3) is 5.91 Å². The fourth-order valence-electron chi connectivity index (χ4n) is 1.88. The third-order valence-electron chi connectivity index (χ3n) is 2.96. The van der Waals surface area contributed by atoms with Crippen molar-refractivity contribution in [2.45, 2.75) is 13.0 Å². The van der Waals surface area contributed by atoms with Gasteiger partial charge in [-0.1, -0.05) is 0 Å². The van der Waals surface area contributed by atoms with Gasteiger partial charge in [0.2, 0.25) is 0 Å². The SMILES string of the molecule is CCN(C(=O)c1cc(I)ccc1Br)C1CNC1. The van der Waals surface area contributed by atoms with Crippen molar-refractivity contribution in [3.05, 3.63) is 31.8 Å². The fourth-order valence-corrected chi connectivity index (χ4v) is 2.78. The molecule has 1 N–H and O–H groups in total. The van der Waals surface area contributed by atoms with Crippen molar-refractivity contribution in [1.82, 2.24) is 10.2 Å². The van der Waals surface area contributed by atoms with Crippen LogP contribution in [0, 0.1) is 3.57 Å². The fraction of sp³-hybridized carbons (Fsp3) is 0.417. The van der Waals surface area contributed by atoms with E-state index in [1.807, 2.05) is 30.0 Å². The van der Waals surface area contributed by atoms with Crippen LogP contribution >= 0.6 is 38.5 Å². The zero-order chi connectivity index (χ0) is 12.4. The van der Waals surface area contributed by atoms with E-state index in [1.165, 1.54) is 0 Å². The molecule has 2 rings (SSSR count). The second-order valence-electron chi connectivity index (χ2n) is 4.03. The molecule has 17 heavy (non-hydrogen) atoms. The Morgan fingerprint density at radius 1 is 1.59 bits per heavy atom. The van der Waals surface area contributed by atoms with Crippen LogP contribution < -0.4 is 5.32 Å². The van der Waals surface area contributed by atoms with Crippen molar-refractivity contribution >= 4 is 44.4 Å². The highest BCUT2D eigenvalue weighted by molar-refractivity contribution is 14.1. The lowest BCUT2D eigenvalue weighted by atomic mass is 10.1. The molecular formula is C12H14BrIN2O. The number of hydrogen-bond acceptors (Lipinski definition) is 2. The summed E-state index contributed by atoms with van der Waals surface area (Å²) in [6, 6.07) is 6.20. The summed E-state index contributed by atoms with van der Waals surface area (Å²) in [5.74, 6) is 0.115. The van der Waals surface area contributed by atoms with Gasteiger partial charge in [-0.25, -0.2) is 0 Å². The van der Waals surface area contributed by atoms with Crippen LogP contribution in [0.4, 0.5) is 0 Å². The number of benzene rings is 1. The molecule has 1 aromatic rings. The van der Waals surface area contributed by atoms with Crippen LogP contribution in [0.15, 0.2) is 22.7 Å². The van der Waals surface area contributed by atoms with Gasteiger partial charge >= 0.3 is 0 Å². The number of likely N-dealkylation sites (N-methyl/N-ethyl adjacent to an activating group) is 1. The molecule has 1 aromatic carbocycles. The molecule has 3 nitrogen and oxygen atoms in total. The summed E-state index contributed by atoms with van der Waals surface area (Å²) in [7, 11) is 0. The molecule has 5 heteroatoms. The first-order valence-corrected chi connectivity index (χ1v) is 7.47. The highest BCUT2D eigenvalue weighted by Crippen LogP contribution is 2.22. The van der Waals surface area contributed by atoms with Gasteiger partial charge < -0.3 is 10.2 Å². The summed E-state index contributed by atoms with van der Waals surface area (Å²) in [6.45, 7) is 4.59. The van der Waals surface area contributed by atoms with Gasteiger partial charge in [0.15, 0.2) is 0 Å². The van der Waals surface area contributed by atoms with Crippen molar-refractivity contribution in [3.63, 3.8) is 0 Å². The summed E-state index contributed by atoms with van der Waals surface area (Å²) in [5, 5.41) is 3.20. The maximum atomic E-state index is 12.4. The van der Waals surface area contributed by atoms with E-state index in [-0.39, 0.29) is 5.91 Å². The van der Waals surface area contributed by atoms with Gasteiger partial charge in [-0.15, -0.1) is 0 Å². The number of carbonyl (C=O) groups excluding carboxylic acids is 1. The Labute approximate surface area is 123 Å². The number of amides is 1. The molecule has 1 aliphatic heterocycles. The summed E-state index contributed by atoms with van der Waals surface area (Å²) in [4.78, 5) is 14.4. The Morgan fingerprint density at radius 2 is 2.29 bits per heavy atom. The number of hydrogen-bond donors (Lipinski definition) is 1. The molecule has 0 radical (unpaired) electrons. The molecule has 0 spiro atoms. The largest absolute Gasteiger partial charge is 0.333 e. The third kappa shape index (κ3) is 2.82. The number of nitrogens with zero attached hydrogens (tertiary/aromatic N) is 1. The van der Waals surface area contributed by atoms with Gasteiger partial charge in [-0.3, -0.25) is 4.79 Å². The maximum Gasteiger partial charge on any atom is 0.255 e. The predicted molar refractivity (Wildman–Crippen MR) is 80.2 cm³/mol. The van der Waals surface area contributed by atoms with Gasteiger partial charge in [0.05, 0.1) is 11.6 Å². The normalized spacial score (nSPS) is 15.5. The molecule has 1 saturated heterocycles. The van der Waals surface area contributed by atoms with Crippen LogP contribution in [0.1, 0.15) is 17.3 Å². The molecule has 92 valence electrons. The molecule has 0 aliphatic carbocycles. The van der Waals surface area contributed by atoms with E-state index < -0.39 is 0 Å². The lowest BCUT2D eigenvalue weighted by Gasteiger charge is -2.37. The second-order valence-corrected chi connectivity index (χ2v) is 6.13. The van der Waals surface area contributed by atoms with Crippen molar-refractivity contribution in [1.29, 1.82) is 0 Å². The summed E-state index contributed by atoms with van der Waals surface area (Å²) in [6.07, 6.45) is 0. The Balaban J connectivity index is 2.25. The molecular weight excluding hydrogens is 395 g/mol. The number of carbonyl (C=O) groups is 1. The van der Waals surface area contributed by atoms with Crippen LogP contribution in [-0.4, -0.2) is 36.5 Å². The molecule has 0 aromatic heterocycles. The topological polar surface area (TPSA) is 32.3 Å². The summed E-state index contributed by atoms with van der Waals surface area (Å²) < 4.78 is 1.95. The van der Waals surface area contributed by atoms with Gasteiger partial charge in [-0.2, -0.15) is 0 Å². The molecule has 0 atom stereocenters. The Hall–Kier alpha value is -0.140.